The van der Waals surface area contributed by atoms with Crippen LogP contribution < -0.4 is 5.73 Å². The van der Waals surface area contributed by atoms with Gasteiger partial charge in [0.1, 0.15) is 0 Å². The van der Waals surface area contributed by atoms with Crippen molar-refractivity contribution in [3.8, 4) is 0 Å². The van der Waals surface area contributed by atoms with E-state index in [0.717, 1.165) is 11.4 Å². The molecule has 14 heavy (non-hydrogen) atoms. The number of hydrogen-bond donors (Lipinski definition) is 1. The number of nitrogens with two attached hydrogens (primary N) is 1. The molecule has 1 unspecified atom stereocenters. The first kappa shape index (κ1) is 10.0. The zero-order chi connectivity index (χ0) is 10.2. The van der Waals surface area contributed by atoms with Crippen molar-refractivity contribution in [3.63, 3.8) is 0 Å². The highest BCUT2D eigenvalue weighted by Crippen LogP contribution is 2.48. The minimum absolute atomic E-state index is 0.295. The Bertz CT molecular complexity index is 314. The zero-order valence-electron chi connectivity index (χ0n) is 8.46. The minimum atomic E-state index is 0.295. The molecule has 0 aromatic heterocycles. The largest absolute Gasteiger partial charge is 0.327 e. The summed E-state index contributed by atoms with van der Waals surface area (Å²) in [5, 5.41) is 0.792. The van der Waals surface area contributed by atoms with Gasteiger partial charge < -0.3 is 5.73 Å². The molecule has 2 heteroatoms. The van der Waals surface area contributed by atoms with Gasteiger partial charge >= 0.3 is 0 Å². The minimum Gasteiger partial charge on any atom is -0.327 e. The summed E-state index contributed by atoms with van der Waals surface area (Å²) < 4.78 is 0. The predicted molar refractivity (Wildman–Crippen MR) is 60.5 cm³/mol. The Labute approximate surface area is 90.3 Å². The summed E-state index contributed by atoms with van der Waals surface area (Å²) in [4.78, 5) is 0. The van der Waals surface area contributed by atoms with E-state index in [2.05, 4.69) is 19.1 Å². The van der Waals surface area contributed by atoms with E-state index in [1.165, 1.54) is 18.4 Å². The number of halogens is 1. The lowest BCUT2D eigenvalue weighted by molar-refractivity contribution is 0.433. The van der Waals surface area contributed by atoms with Crippen LogP contribution in [0, 0.1) is 5.41 Å². The van der Waals surface area contributed by atoms with Crippen LogP contribution in [0.4, 0.5) is 0 Å². The molecule has 1 atom stereocenters. The van der Waals surface area contributed by atoms with Crippen molar-refractivity contribution in [2.45, 2.75) is 32.2 Å². The topological polar surface area (TPSA) is 26.0 Å². The first-order chi connectivity index (χ1) is 6.60. The molecule has 1 saturated carbocycles. The van der Waals surface area contributed by atoms with E-state index in [1.54, 1.807) is 0 Å². The summed E-state index contributed by atoms with van der Waals surface area (Å²) in [6.07, 6.45) is 3.52. The lowest BCUT2D eigenvalue weighted by Crippen LogP contribution is -2.31. The molecule has 1 aliphatic rings. The average molecular weight is 210 g/mol. The maximum atomic E-state index is 6.15. The van der Waals surface area contributed by atoms with Gasteiger partial charge in [-0.25, -0.2) is 0 Å². The summed E-state index contributed by atoms with van der Waals surface area (Å²) in [5.41, 5.74) is 7.84. The molecule has 1 aromatic rings. The summed E-state index contributed by atoms with van der Waals surface area (Å²) in [6.45, 7) is 2.27. The molecule has 1 nitrogen and oxygen atoms in total. The smallest absolute Gasteiger partial charge is 0.0406 e. The van der Waals surface area contributed by atoms with Gasteiger partial charge in [-0.2, -0.15) is 0 Å². The quantitative estimate of drug-likeness (QED) is 0.814. The van der Waals surface area contributed by atoms with Crippen LogP contribution in [0.1, 0.15) is 25.3 Å². The highest BCUT2D eigenvalue weighted by molar-refractivity contribution is 6.30. The van der Waals surface area contributed by atoms with Gasteiger partial charge in [-0.1, -0.05) is 30.7 Å². The first-order valence-electron chi connectivity index (χ1n) is 5.10. The normalized spacial score (nSPS) is 20.5. The lowest BCUT2D eigenvalue weighted by atomic mass is 9.93. The molecule has 1 aromatic carbocycles. The van der Waals surface area contributed by atoms with Gasteiger partial charge in [-0.05, 0) is 42.4 Å². The Balaban J connectivity index is 2.00. The first-order valence-corrected chi connectivity index (χ1v) is 5.48. The van der Waals surface area contributed by atoms with Crippen molar-refractivity contribution < 1.29 is 0 Å². The molecule has 0 aliphatic heterocycles. The summed E-state index contributed by atoms with van der Waals surface area (Å²) in [7, 11) is 0. The van der Waals surface area contributed by atoms with Gasteiger partial charge in [0.2, 0.25) is 0 Å². The van der Waals surface area contributed by atoms with E-state index in [0.29, 0.717) is 11.5 Å². The molecule has 2 N–H and O–H groups in total. The Kier molecular flexibility index (Phi) is 2.54. The molecule has 1 fully saturated rings. The van der Waals surface area contributed by atoms with Crippen LogP contribution in [0.25, 0.3) is 0 Å². The standard InChI is InChI=1S/C12H16ClN/c1-12(6-7-12)11(14)8-9-2-4-10(13)5-3-9/h2-5,11H,6-8,14H2,1H3. The molecule has 1 aliphatic carbocycles. The highest BCUT2D eigenvalue weighted by atomic mass is 35.5. The van der Waals surface area contributed by atoms with Crippen LogP contribution in [0.3, 0.4) is 0 Å². The molecular weight excluding hydrogens is 194 g/mol. The van der Waals surface area contributed by atoms with Crippen LogP contribution in [0.15, 0.2) is 24.3 Å². The van der Waals surface area contributed by atoms with Crippen molar-refractivity contribution in [2.24, 2.45) is 11.1 Å². The van der Waals surface area contributed by atoms with E-state index >= 15 is 0 Å². The van der Waals surface area contributed by atoms with Gasteiger partial charge in [-0.3, -0.25) is 0 Å². The fourth-order valence-corrected chi connectivity index (χ4v) is 1.81. The molecular formula is C12H16ClN. The van der Waals surface area contributed by atoms with Crippen LogP contribution in [0.5, 0.6) is 0 Å². The number of rotatable bonds is 3. The van der Waals surface area contributed by atoms with Crippen molar-refractivity contribution in [2.75, 3.05) is 0 Å². The van der Waals surface area contributed by atoms with E-state index in [-0.39, 0.29) is 0 Å². The predicted octanol–water partition coefficient (Wildman–Crippen LogP) is 3.01. The molecule has 76 valence electrons. The summed E-state index contributed by atoms with van der Waals surface area (Å²) in [5.74, 6) is 0. The fourth-order valence-electron chi connectivity index (χ4n) is 1.69. The van der Waals surface area contributed by atoms with Crippen LogP contribution in [0.2, 0.25) is 5.02 Å². The highest BCUT2D eigenvalue weighted by Gasteiger charge is 2.42. The maximum Gasteiger partial charge on any atom is 0.0406 e. The summed E-state index contributed by atoms with van der Waals surface area (Å²) in [6, 6.07) is 8.28. The van der Waals surface area contributed by atoms with Crippen LogP contribution in [-0.2, 0) is 6.42 Å². The van der Waals surface area contributed by atoms with Gasteiger partial charge in [-0.15, -0.1) is 0 Å². The molecule has 0 amide bonds. The van der Waals surface area contributed by atoms with E-state index in [4.69, 9.17) is 17.3 Å². The van der Waals surface area contributed by atoms with Crippen molar-refractivity contribution in [3.05, 3.63) is 34.9 Å². The summed E-state index contributed by atoms with van der Waals surface area (Å²) >= 11 is 5.82. The molecule has 2 rings (SSSR count). The Morgan fingerprint density at radius 2 is 1.93 bits per heavy atom. The van der Waals surface area contributed by atoms with Gasteiger partial charge in [0.15, 0.2) is 0 Å². The molecule has 0 saturated heterocycles. The number of benzene rings is 1. The maximum absolute atomic E-state index is 6.15. The lowest BCUT2D eigenvalue weighted by Gasteiger charge is -2.18. The third-order valence-corrected chi connectivity index (χ3v) is 3.55. The second-order valence-corrected chi connectivity index (χ2v) is 5.03. The van der Waals surface area contributed by atoms with Crippen molar-refractivity contribution in [1.82, 2.24) is 0 Å². The average Bonchev–Trinajstić information content (AvgIpc) is 2.89. The number of hydrogen-bond acceptors (Lipinski definition) is 1. The molecule has 0 radical (unpaired) electrons. The molecule has 0 heterocycles. The van der Waals surface area contributed by atoms with Gasteiger partial charge in [0.25, 0.3) is 0 Å². The molecule has 0 bridgehead atoms. The SMILES string of the molecule is CC1(C(N)Cc2ccc(Cl)cc2)CC1. The Morgan fingerprint density at radius 3 is 2.43 bits per heavy atom. The van der Waals surface area contributed by atoms with E-state index in [9.17, 15) is 0 Å². The molecule has 0 spiro atoms. The fraction of sp³-hybridized carbons (Fsp3) is 0.500. The van der Waals surface area contributed by atoms with Crippen LogP contribution >= 0.6 is 11.6 Å². The second-order valence-electron chi connectivity index (χ2n) is 4.59. The van der Waals surface area contributed by atoms with Crippen molar-refractivity contribution in [1.29, 1.82) is 0 Å². The Morgan fingerprint density at radius 1 is 1.36 bits per heavy atom. The monoisotopic (exact) mass is 209 g/mol. The van der Waals surface area contributed by atoms with Gasteiger partial charge in [0.05, 0.1) is 0 Å². The Hall–Kier alpha value is -0.530. The van der Waals surface area contributed by atoms with E-state index < -0.39 is 0 Å². The van der Waals surface area contributed by atoms with E-state index in [1.807, 2.05) is 12.1 Å². The second kappa shape index (κ2) is 3.56. The van der Waals surface area contributed by atoms with Crippen molar-refractivity contribution >= 4 is 11.6 Å². The third kappa shape index (κ3) is 2.10. The van der Waals surface area contributed by atoms with Crippen LogP contribution in [-0.4, -0.2) is 6.04 Å². The zero-order valence-corrected chi connectivity index (χ0v) is 9.22. The van der Waals surface area contributed by atoms with Gasteiger partial charge in [0, 0.05) is 11.1 Å². The third-order valence-electron chi connectivity index (χ3n) is 3.30.